The number of hydrogen-bond acceptors (Lipinski definition) is 5. The zero-order valence-corrected chi connectivity index (χ0v) is 19.0. The van der Waals surface area contributed by atoms with Crippen LogP contribution >= 0.6 is 15.9 Å². The van der Waals surface area contributed by atoms with Crippen LogP contribution in [0.15, 0.2) is 57.9 Å². The Labute approximate surface area is 185 Å². The molecular formula is C21H23BrN4O3S. The van der Waals surface area contributed by atoms with Crippen molar-refractivity contribution >= 4 is 37.5 Å². The monoisotopic (exact) mass is 490 g/mol. The van der Waals surface area contributed by atoms with E-state index in [-0.39, 0.29) is 17.3 Å². The van der Waals surface area contributed by atoms with Gasteiger partial charge in [-0.2, -0.15) is 9.57 Å². The summed E-state index contributed by atoms with van der Waals surface area (Å²) in [4.78, 5) is 14.6. The number of hydrogen-bond donors (Lipinski definition) is 1. The minimum Gasteiger partial charge on any atom is -0.371 e. The van der Waals surface area contributed by atoms with Gasteiger partial charge in [-0.3, -0.25) is 4.79 Å². The molecule has 0 aliphatic carbocycles. The van der Waals surface area contributed by atoms with Crippen LogP contribution in [-0.4, -0.2) is 51.9 Å². The molecule has 1 atom stereocenters. The number of benzene rings is 2. The van der Waals surface area contributed by atoms with Crippen LogP contribution in [0.3, 0.4) is 0 Å². The summed E-state index contributed by atoms with van der Waals surface area (Å²) in [6.45, 7) is 2.01. The summed E-state index contributed by atoms with van der Waals surface area (Å²) in [5.41, 5.74) is 1.52. The fourth-order valence-corrected chi connectivity index (χ4v) is 4.90. The Hall–Kier alpha value is -2.41. The van der Waals surface area contributed by atoms with E-state index in [0.717, 1.165) is 34.0 Å². The van der Waals surface area contributed by atoms with Gasteiger partial charge in [0.2, 0.25) is 15.9 Å². The molecule has 7 nitrogen and oxygen atoms in total. The number of nitrogens with one attached hydrogen (secondary N) is 1. The average molecular weight is 491 g/mol. The Kier molecular flexibility index (Phi) is 7.13. The first-order valence-corrected chi connectivity index (χ1v) is 11.8. The van der Waals surface area contributed by atoms with Crippen molar-refractivity contribution in [3.05, 3.63) is 58.6 Å². The summed E-state index contributed by atoms with van der Waals surface area (Å²) >= 11 is 3.49. The van der Waals surface area contributed by atoms with E-state index in [1.165, 1.54) is 31.3 Å². The smallest absolute Gasteiger partial charge is 0.243 e. The number of sulfonamides is 1. The highest BCUT2D eigenvalue weighted by atomic mass is 79.9. The van der Waals surface area contributed by atoms with E-state index in [1.54, 1.807) is 0 Å². The molecule has 1 saturated heterocycles. The van der Waals surface area contributed by atoms with Gasteiger partial charge in [-0.15, -0.1) is 0 Å². The summed E-state index contributed by atoms with van der Waals surface area (Å²) in [7, 11) is -2.42. The van der Waals surface area contributed by atoms with Crippen LogP contribution in [0.5, 0.6) is 0 Å². The van der Waals surface area contributed by atoms with Crippen molar-refractivity contribution in [2.75, 3.05) is 38.1 Å². The molecular weight excluding hydrogens is 468 g/mol. The molecule has 0 saturated carbocycles. The average Bonchev–Trinajstić information content (AvgIpc) is 3.21. The zero-order chi connectivity index (χ0) is 21.7. The van der Waals surface area contributed by atoms with Crippen molar-refractivity contribution in [2.24, 2.45) is 5.92 Å². The molecule has 0 spiro atoms. The summed E-state index contributed by atoms with van der Waals surface area (Å²) in [5.74, 6) is -0.0241. The second kappa shape index (κ2) is 9.60. The highest BCUT2D eigenvalue weighted by Crippen LogP contribution is 2.26. The first kappa shape index (κ1) is 22.3. The van der Waals surface area contributed by atoms with E-state index in [1.807, 2.05) is 18.2 Å². The third-order valence-electron chi connectivity index (χ3n) is 5.10. The van der Waals surface area contributed by atoms with Gasteiger partial charge in [-0.1, -0.05) is 22.0 Å². The van der Waals surface area contributed by atoms with Gasteiger partial charge in [0, 0.05) is 36.8 Å². The Balaban J connectivity index is 1.50. The number of rotatable bonds is 7. The van der Waals surface area contributed by atoms with Crippen molar-refractivity contribution in [1.82, 2.24) is 9.62 Å². The lowest BCUT2D eigenvalue weighted by Gasteiger charge is -2.20. The first-order valence-electron chi connectivity index (χ1n) is 9.53. The van der Waals surface area contributed by atoms with Gasteiger partial charge in [0.05, 0.1) is 23.1 Å². The summed E-state index contributed by atoms with van der Waals surface area (Å²) in [5, 5.41) is 11.7. The van der Waals surface area contributed by atoms with Crippen LogP contribution in [0.25, 0.3) is 0 Å². The van der Waals surface area contributed by atoms with E-state index < -0.39 is 10.0 Å². The molecule has 1 aliphatic heterocycles. The predicted octanol–water partition coefficient (Wildman–Crippen LogP) is 2.58. The largest absolute Gasteiger partial charge is 0.371 e. The lowest BCUT2D eigenvalue weighted by molar-refractivity contribution is -0.121. The minimum absolute atomic E-state index is 0.0530. The van der Waals surface area contributed by atoms with Crippen molar-refractivity contribution in [2.45, 2.75) is 11.3 Å². The number of nitriles is 1. The van der Waals surface area contributed by atoms with Crippen LogP contribution in [0.4, 0.5) is 5.69 Å². The molecule has 0 aromatic heterocycles. The van der Waals surface area contributed by atoms with E-state index >= 15 is 0 Å². The van der Waals surface area contributed by atoms with Crippen LogP contribution in [0.2, 0.25) is 0 Å². The van der Waals surface area contributed by atoms with Gasteiger partial charge in [0.15, 0.2) is 0 Å². The van der Waals surface area contributed by atoms with E-state index in [2.05, 4.69) is 38.3 Å². The van der Waals surface area contributed by atoms with Crippen molar-refractivity contribution in [3.63, 3.8) is 0 Å². The molecule has 158 valence electrons. The molecule has 2 aromatic rings. The third-order valence-corrected chi connectivity index (χ3v) is 7.42. The summed E-state index contributed by atoms with van der Waals surface area (Å²) < 4.78 is 27.3. The van der Waals surface area contributed by atoms with Gasteiger partial charge in [-0.05, 0) is 54.8 Å². The molecule has 1 amide bonds. The molecule has 0 bridgehead atoms. The molecule has 1 unspecified atom stereocenters. The number of halogens is 1. The third kappa shape index (κ3) is 5.39. The van der Waals surface area contributed by atoms with Gasteiger partial charge in [-0.25, -0.2) is 8.42 Å². The van der Waals surface area contributed by atoms with Gasteiger partial charge >= 0.3 is 0 Å². The number of anilines is 1. The predicted molar refractivity (Wildman–Crippen MR) is 118 cm³/mol. The van der Waals surface area contributed by atoms with E-state index in [4.69, 9.17) is 5.26 Å². The Morgan fingerprint density at radius 1 is 1.30 bits per heavy atom. The molecule has 1 N–H and O–H groups in total. The highest BCUT2D eigenvalue weighted by molar-refractivity contribution is 9.10. The SMILES string of the molecule is CN(CC(=O)NCC1CCN(c2cccc(Br)c2)C1)S(=O)(=O)c1ccc(C#N)cc1. The van der Waals surface area contributed by atoms with Crippen molar-refractivity contribution in [3.8, 4) is 6.07 Å². The number of amides is 1. The van der Waals surface area contributed by atoms with Crippen LogP contribution in [0.1, 0.15) is 12.0 Å². The maximum absolute atomic E-state index is 12.6. The normalized spacial score (nSPS) is 16.5. The second-order valence-electron chi connectivity index (χ2n) is 7.28. The fourth-order valence-electron chi connectivity index (χ4n) is 3.39. The molecule has 1 aliphatic rings. The fraction of sp³-hybridized carbons (Fsp3) is 0.333. The molecule has 0 radical (unpaired) electrons. The molecule has 2 aromatic carbocycles. The number of carbonyl (C=O) groups is 1. The Bertz CT molecular complexity index is 1050. The topological polar surface area (TPSA) is 93.5 Å². The van der Waals surface area contributed by atoms with Crippen molar-refractivity contribution in [1.29, 1.82) is 5.26 Å². The zero-order valence-electron chi connectivity index (χ0n) is 16.6. The molecule has 3 rings (SSSR count). The standard InChI is InChI=1S/C21H23BrN4O3S/c1-25(30(28,29)20-7-5-16(12-23)6-8-20)15-21(27)24-13-17-9-10-26(14-17)19-4-2-3-18(22)11-19/h2-8,11,17H,9-10,13-15H2,1H3,(H,24,27). The molecule has 1 heterocycles. The lowest BCUT2D eigenvalue weighted by atomic mass is 10.1. The highest BCUT2D eigenvalue weighted by Gasteiger charge is 2.25. The summed E-state index contributed by atoms with van der Waals surface area (Å²) in [6, 6.07) is 15.7. The second-order valence-corrected chi connectivity index (χ2v) is 10.2. The molecule has 30 heavy (non-hydrogen) atoms. The molecule has 9 heteroatoms. The van der Waals surface area contributed by atoms with Gasteiger partial charge < -0.3 is 10.2 Å². The minimum atomic E-state index is -3.79. The summed E-state index contributed by atoms with van der Waals surface area (Å²) in [6.07, 6.45) is 0.964. The Morgan fingerprint density at radius 2 is 2.03 bits per heavy atom. The van der Waals surface area contributed by atoms with E-state index in [0.29, 0.717) is 18.0 Å². The lowest BCUT2D eigenvalue weighted by Crippen LogP contribution is -2.40. The van der Waals surface area contributed by atoms with Crippen LogP contribution < -0.4 is 10.2 Å². The number of carbonyl (C=O) groups excluding carboxylic acids is 1. The van der Waals surface area contributed by atoms with Gasteiger partial charge in [0.25, 0.3) is 0 Å². The Morgan fingerprint density at radius 3 is 2.70 bits per heavy atom. The van der Waals surface area contributed by atoms with Crippen LogP contribution in [-0.2, 0) is 14.8 Å². The maximum Gasteiger partial charge on any atom is 0.243 e. The van der Waals surface area contributed by atoms with Gasteiger partial charge in [0.1, 0.15) is 0 Å². The first-order chi connectivity index (χ1) is 14.3. The quantitative estimate of drug-likeness (QED) is 0.643. The maximum atomic E-state index is 12.6. The molecule has 1 fully saturated rings. The van der Waals surface area contributed by atoms with Crippen LogP contribution in [0, 0.1) is 17.2 Å². The van der Waals surface area contributed by atoms with E-state index in [9.17, 15) is 13.2 Å². The van der Waals surface area contributed by atoms with Crippen molar-refractivity contribution < 1.29 is 13.2 Å². The number of likely N-dealkylation sites (N-methyl/N-ethyl adjacent to an activating group) is 1. The number of nitrogens with zero attached hydrogens (tertiary/aromatic N) is 3.